The fourth-order valence-electron chi connectivity index (χ4n) is 2.72. The minimum atomic E-state index is 0.535. The van der Waals surface area contributed by atoms with Crippen LogP contribution in [0.2, 0.25) is 0 Å². The lowest BCUT2D eigenvalue weighted by molar-refractivity contribution is 0.0874. The van der Waals surface area contributed by atoms with Crippen LogP contribution in [0.15, 0.2) is 5.38 Å². The zero-order valence-electron chi connectivity index (χ0n) is 11.9. The van der Waals surface area contributed by atoms with Gasteiger partial charge >= 0.3 is 0 Å². The van der Waals surface area contributed by atoms with Crippen LogP contribution in [0.25, 0.3) is 0 Å². The molecule has 3 nitrogen and oxygen atoms in total. The number of aromatic nitrogens is 1. The average molecular weight is 302 g/mol. The van der Waals surface area contributed by atoms with Crippen LogP contribution in [0.1, 0.15) is 31.0 Å². The number of hydrogen-bond acceptors (Lipinski definition) is 4. The second-order valence-corrected chi connectivity index (χ2v) is 6.46. The molecule has 1 aliphatic rings. The average Bonchev–Trinajstić information content (AvgIpc) is 2.87. The maximum Gasteiger partial charge on any atom is 0.0929 e. The summed E-state index contributed by atoms with van der Waals surface area (Å²) in [5.41, 5.74) is 1.02. The number of piperazine rings is 1. The van der Waals surface area contributed by atoms with E-state index in [0.29, 0.717) is 11.9 Å². The van der Waals surface area contributed by atoms with Crippen molar-refractivity contribution in [1.82, 2.24) is 14.8 Å². The molecular formula is C14H24ClN3S. The second-order valence-electron chi connectivity index (χ2n) is 5.25. The highest BCUT2D eigenvalue weighted by Crippen LogP contribution is 2.14. The van der Waals surface area contributed by atoms with Crippen molar-refractivity contribution in [2.24, 2.45) is 0 Å². The Labute approximate surface area is 125 Å². The molecule has 1 saturated heterocycles. The van der Waals surface area contributed by atoms with Crippen LogP contribution >= 0.6 is 22.9 Å². The largest absolute Gasteiger partial charge is 0.301 e. The zero-order valence-corrected chi connectivity index (χ0v) is 13.5. The van der Waals surface area contributed by atoms with Crippen LogP contribution in [-0.2, 0) is 12.3 Å². The van der Waals surface area contributed by atoms with E-state index in [-0.39, 0.29) is 0 Å². The SMILES string of the molecule is CCN1CCN(CCCc2nc(CCl)cs2)CC1C. The van der Waals surface area contributed by atoms with Crippen LogP contribution in [0.5, 0.6) is 0 Å². The van der Waals surface area contributed by atoms with Gasteiger partial charge in [0.25, 0.3) is 0 Å². The van der Waals surface area contributed by atoms with Crippen molar-refractivity contribution < 1.29 is 0 Å². The lowest BCUT2D eigenvalue weighted by Gasteiger charge is -2.39. The van der Waals surface area contributed by atoms with Gasteiger partial charge in [-0.25, -0.2) is 4.98 Å². The third-order valence-electron chi connectivity index (χ3n) is 3.86. The third kappa shape index (κ3) is 4.42. The lowest BCUT2D eigenvalue weighted by Crippen LogP contribution is -2.51. The van der Waals surface area contributed by atoms with Gasteiger partial charge in [-0.05, 0) is 26.4 Å². The van der Waals surface area contributed by atoms with E-state index < -0.39 is 0 Å². The van der Waals surface area contributed by atoms with Gasteiger partial charge in [0.1, 0.15) is 0 Å². The molecule has 0 bridgehead atoms. The molecule has 5 heteroatoms. The molecule has 0 radical (unpaired) electrons. The summed E-state index contributed by atoms with van der Waals surface area (Å²) in [6.45, 7) is 10.6. The highest BCUT2D eigenvalue weighted by molar-refractivity contribution is 7.09. The molecule has 0 N–H and O–H groups in total. The van der Waals surface area contributed by atoms with Crippen LogP contribution in [-0.4, -0.2) is 53.5 Å². The number of thiazole rings is 1. The van der Waals surface area contributed by atoms with E-state index in [2.05, 4.69) is 34.0 Å². The molecule has 2 heterocycles. The van der Waals surface area contributed by atoms with Gasteiger partial charge in [0.05, 0.1) is 16.6 Å². The molecule has 1 unspecified atom stereocenters. The van der Waals surface area contributed by atoms with Gasteiger partial charge in [0.2, 0.25) is 0 Å². The zero-order chi connectivity index (χ0) is 13.7. The standard InChI is InChI=1S/C14H24ClN3S/c1-3-18-8-7-17(10-12(18)2)6-4-5-14-16-13(9-15)11-19-14/h11-12H,3-10H2,1-2H3. The molecule has 1 fully saturated rings. The molecule has 1 atom stereocenters. The van der Waals surface area contributed by atoms with E-state index in [0.717, 1.165) is 12.1 Å². The third-order valence-corrected chi connectivity index (χ3v) is 5.09. The van der Waals surface area contributed by atoms with Crippen molar-refractivity contribution in [2.75, 3.05) is 32.7 Å². The molecule has 19 heavy (non-hydrogen) atoms. The molecule has 1 aromatic rings. The summed E-state index contributed by atoms with van der Waals surface area (Å²) in [7, 11) is 0. The predicted octanol–water partition coefficient (Wildman–Crippen LogP) is 2.84. The fraction of sp³-hybridized carbons (Fsp3) is 0.786. The normalized spacial score (nSPS) is 21.9. The van der Waals surface area contributed by atoms with Crippen LogP contribution in [0.3, 0.4) is 0 Å². The van der Waals surface area contributed by atoms with Crippen LogP contribution < -0.4 is 0 Å². The highest BCUT2D eigenvalue weighted by atomic mass is 35.5. The van der Waals surface area contributed by atoms with Crippen molar-refractivity contribution >= 4 is 22.9 Å². The van der Waals surface area contributed by atoms with Gasteiger partial charge in [-0.2, -0.15) is 0 Å². The first-order valence-corrected chi connectivity index (χ1v) is 8.60. The Bertz CT molecular complexity index is 383. The molecule has 0 spiro atoms. The molecule has 108 valence electrons. The molecule has 0 amide bonds. The fourth-order valence-corrected chi connectivity index (χ4v) is 3.79. The summed E-state index contributed by atoms with van der Waals surface area (Å²) < 4.78 is 0. The Morgan fingerprint density at radius 3 is 2.95 bits per heavy atom. The molecular weight excluding hydrogens is 278 g/mol. The van der Waals surface area contributed by atoms with Crippen molar-refractivity contribution in [3.63, 3.8) is 0 Å². The Balaban J connectivity index is 1.68. The summed E-state index contributed by atoms with van der Waals surface area (Å²) in [6, 6.07) is 0.696. The Kier molecular flexibility index (Phi) is 6.07. The maximum atomic E-state index is 5.77. The lowest BCUT2D eigenvalue weighted by atomic mass is 10.2. The maximum absolute atomic E-state index is 5.77. The molecule has 1 aliphatic heterocycles. The summed E-state index contributed by atoms with van der Waals surface area (Å²) in [6.07, 6.45) is 2.29. The molecule has 0 saturated carbocycles. The van der Waals surface area contributed by atoms with Crippen LogP contribution in [0.4, 0.5) is 0 Å². The monoisotopic (exact) mass is 301 g/mol. The second kappa shape index (κ2) is 7.58. The minimum Gasteiger partial charge on any atom is -0.301 e. The van der Waals surface area contributed by atoms with Crippen LogP contribution in [0, 0.1) is 0 Å². The number of likely N-dealkylation sites (N-methyl/N-ethyl adjacent to an activating group) is 1. The molecule has 0 aromatic carbocycles. The molecule has 2 rings (SSSR count). The van der Waals surface area contributed by atoms with E-state index >= 15 is 0 Å². The first kappa shape index (κ1) is 15.2. The number of alkyl halides is 1. The molecule has 1 aromatic heterocycles. The quantitative estimate of drug-likeness (QED) is 0.753. The van der Waals surface area contributed by atoms with E-state index in [1.807, 2.05) is 0 Å². The van der Waals surface area contributed by atoms with E-state index in [4.69, 9.17) is 11.6 Å². The van der Waals surface area contributed by atoms with Gasteiger partial charge in [-0.1, -0.05) is 6.92 Å². The van der Waals surface area contributed by atoms with Crippen molar-refractivity contribution in [1.29, 1.82) is 0 Å². The number of aryl methyl sites for hydroxylation is 1. The minimum absolute atomic E-state index is 0.535. The summed E-state index contributed by atoms with van der Waals surface area (Å²) >= 11 is 7.51. The Morgan fingerprint density at radius 1 is 1.47 bits per heavy atom. The number of halogens is 1. The first-order valence-electron chi connectivity index (χ1n) is 7.18. The number of nitrogens with zero attached hydrogens (tertiary/aromatic N) is 3. The summed E-state index contributed by atoms with van der Waals surface area (Å²) in [4.78, 5) is 9.66. The van der Waals surface area contributed by atoms with Gasteiger partial charge < -0.3 is 4.90 Å². The van der Waals surface area contributed by atoms with Gasteiger partial charge in [0, 0.05) is 37.5 Å². The predicted molar refractivity (Wildman–Crippen MR) is 83.1 cm³/mol. The van der Waals surface area contributed by atoms with Crippen molar-refractivity contribution in [2.45, 2.75) is 38.6 Å². The number of hydrogen-bond donors (Lipinski definition) is 0. The summed E-state index contributed by atoms with van der Waals surface area (Å²) in [5.74, 6) is 0.535. The highest BCUT2D eigenvalue weighted by Gasteiger charge is 2.21. The van der Waals surface area contributed by atoms with Crippen molar-refractivity contribution in [3.8, 4) is 0 Å². The van der Waals surface area contributed by atoms with E-state index in [9.17, 15) is 0 Å². The Morgan fingerprint density at radius 2 is 2.32 bits per heavy atom. The van der Waals surface area contributed by atoms with Gasteiger partial charge in [0.15, 0.2) is 0 Å². The smallest absolute Gasteiger partial charge is 0.0929 e. The van der Waals surface area contributed by atoms with E-state index in [1.165, 1.54) is 44.2 Å². The first-order chi connectivity index (χ1) is 9.22. The topological polar surface area (TPSA) is 19.4 Å². The van der Waals surface area contributed by atoms with E-state index in [1.54, 1.807) is 11.3 Å². The van der Waals surface area contributed by atoms with Crippen molar-refractivity contribution in [3.05, 3.63) is 16.1 Å². The van der Waals surface area contributed by atoms with Gasteiger partial charge in [-0.15, -0.1) is 22.9 Å². The van der Waals surface area contributed by atoms with Gasteiger partial charge in [-0.3, -0.25) is 4.90 Å². The molecule has 0 aliphatic carbocycles. The Hall–Kier alpha value is -0.160. The summed E-state index contributed by atoms with van der Waals surface area (Å²) in [5, 5.41) is 3.31. The number of rotatable bonds is 6.